The van der Waals surface area contributed by atoms with E-state index in [-0.39, 0.29) is 11.9 Å². The summed E-state index contributed by atoms with van der Waals surface area (Å²) in [6.07, 6.45) is 7.39. The number of carbonyl (C=O) groups is 1. The van der Waals surface area contributed by atoms with Gasteiger partial charge in [-0.1, -0.05) is 24.3 Å². The second-order valence-electron chi connectivity index (χ2n) is 7.89. The van der Waals surface area contributed by atoms with Crippen LogP contribution in [0.3, 0.4) is 0 Å². The van der Waals surface area contributed by atoms with Crippen LogP contribution in [-0.2, 0) is 6.42 Å². The van der Waals surface area contributed by atoms with Crippen LogP contribution in [0.25, 0.3) is 22.2 Å². The van der Waals surface area contributed by atoms with Crippen molar-refractivity contribution in [3.8, 4) is 11.3 Å². The topological polar surface area (TPSA) is 71.9 Å². The molecular weight excluding hydrogens is 386 g/mol. The number of rotatable bonds is 5. The maximum atomic E-state index is 13.6. The van der Waals surface area contributed by atoms with Gasteiger partial charge in [0, 0.05) is 54.7 Å². The summed E-state index contributed by atoms with van der Waals surface area (Å²) in [7, 11) is 1.85. The number of nitrogens with zero attached hydrogens (tertiary/aromatic N) is 5. The van der Waals surface area contributed by atoms with Crippen LogP contribution in [-0.4, -0.2) is 43.8 Å². The molecule has 0 aliphatic rings. The van der Waals surface area contributed by atoms with Gasteiger partial charge >= 0.3 is 0 Å². The van der Waals surface area contributed by atoms with Crippen LogP contribution in [0, 0.1) is 13.8 Å². The Morgan fingerprint density at radius 2 is 1.81 bits per heavy atom. The fourth-order valence-corrected chi connectivity index (χ4v) is 3.69. The first kappa shape index (κ1) is 20.6. The molecule has 3 aromatic heterocycles. The highest BCUT2D eigenvalue weighted by atomic mass is 16.2. The van der Waals surface area contributed by atoms with Gasteiger partial charge in [0.1, 0.15) is 6.33 Å². The Balaban J connectivity index is 1.74. The second-order valence-corrected chi connectivity index (χ2v) is 7.89. The molecule has 0 spiro atoms. The van der Waals surface area contributed by atoms with Crippen molar-refractivity contribution in [1.29, 1.82) is 0 Å². The van der Waals surface area contributed by atoms with Gasteiger partial charge in [-0.2, -0.15) is 0 Å². The Morgan fingerprint density at radius 3 is 2.55 bits per heavy atom. The Hall–Kier alpha value is -3.67. The molecule has 1 unspecified atom stereocenters. The van der Waals surface area contributed by atoms with E-state index in [9.17, 15) is 4.79 Å². The van der Waals surface area contributed by atoms with E-state index < -0.39 is 0 Å². The zero-order chi connectivity index (χ0) is 22.0. The predicted molar refractivity (Wildman–Crippen MR) is 122 cm³/mol. The van der Waals surface area contributed by atoms with Crippen molar-refractivity contribution in [1.82, 2.24) is 24.8 Å². The SMILES string of the molecule is Cc1cccnc1CC(C)N(C)C(=O)c1cc(-c2cncnc2)nc2c(C)cccc12. The summed E-state index contributed by atoms with van der Waals surface area (Å²) in [5.41, 5.74) is 6.06. The molecule has 31 heavy (non-hydrogen) atoms. The fraction of sp³-hybridized carbons (Fsp3) is 0.240. The van der Waals surface area contributed by atoms with E-state index >= 15 is 0 Å². The first-order valence-corrected chi connectivity index (χ1v) is 10.3. The normalized spacial score (nSPS) is 12.0. The second kappa shape index (κ2) is 8.60. The van der Waals surface area contributed by atoms with Crippen molar-refractivity contribution in [2.75, 3.05) is 7.05 Å². The molecule has 1 aromatic carbocycles. The van der Waals surface area contributed by atoms with Crippen LogP contribution in [0.5, 0.6) is 0 Å². The molecule has 1 amide bonds. The lowest BCUT2D eigenvalue weighted by Gasteiger charge is -2.26. The van der Waals surface area contributed by atoms with E-state index in [1.807, 2.05) is 64.2 Å². The molecule has 4 rings (SSSR count). The number of pyridine rings is 2. The third-order valence-electron chi connectivity index (χ3n) is 5.72. The van der Waals surface area contributed by atoms with Gasteiger partial charge in [-0.05, 0) is 44.0 Å². The Bertz CT molecular complexity index is 1240. The lowest BCUT2D eigenvalue weighted by Crippen LogP contribution is -2.37. The highest BCUT2D eigenvalue weighted by molar-refractivity contribution is 6.07. The zero-order valence-corrected chi connectivity index (χ0v) is 18.2. The van der Waals surface area contributed by atoms with Crippen LogP contribution in [0.1, 0.15) is 34.1 Å². The molecule has 3 heterocycles. The maximum Gasteiger partial charge on any atom is 0.254 e. The third-order valence-corrected chi connectivity index (χ3v) is 5.72. The van der Waals surface area contributed by atoms with Crippen molar-refractivity contribution in [3.05, 3.63) is 83.7 Å². The molecule has 0 radical (unpaired) electrons. The minimum Gasteiger partial charge on any atom is -0.339 e. The standard InChI is InChI=1S/C25H25N5O/c1-16-8-6-10-28-22(16)11-18(3)30(4)25(31)21-12-23(19-13-26-15-27-14-19)29-24-17(2)7-5-9-20(21)24/h5-10,12-15,18H,11H2,1-4H3. The van der Waals surface area contributed by atoms with Crippen LogP contribution in [0.15, 0.2) is 61.3 Å². The van der Waals surface area contributed by atoms with Gasteiger partial charge in [-0.25, -0.2) is 15.0 Å². The van der Waals surface area contributed by atoms with Crippen molar-refractivity contribution in [2.24, 2.45) is 0 Å². The molecule has 156 valence electrons. The summed E-state index contributed by atoms with van der Waals surface area (Å²) >= 11 is 0. The van der Waals surface area contributed by atoms with Gasteiger partial charge in [0.15, 0.2) is 0 Å². The van der Waals surface area contributed by atoms with Crippen molar-refractivity contribution in [2.45, 2.75) is 33.2 Å². The number of carbonyl (C=O) groups excluding carboxylic acids is 1. The van der Waals surface area contributed by atoms with E-state index in [1.165, 1.54) is 6.33 Å². The van der Waals surface area contributed by atoms with Gasteiger partial charge < -0.3 is 4.90 Å². The molecular formula is C25H25N5O. The summed E-state index contributed by atoms with van der Waals surface area (Å²) in [6.45, 7) is 6.10. The van der Waals surface area contributed by atoms with Gasteiger partial charge in [0.05, 0.1) is 16.8 Å². The number of likely N-dealkylation sites (N-methyl/N-ethyl adjacent to an activating group) is 1. The predicted octanol–water partition coefficient (Wildman–Crippen LogP) is 4.41. The maximum absolute atomic E-state index is 13.6. The van der Waals surface area contributed by atoms with Crippen molar-refractivity contribution >= 4 is 16.8 Å². The number of hydrogen-bond donors (Lipinski definition) is 0. The van der Waals surface area contributed by atoms with Crippen LogP contribution in [0.2, 0.25) is 0 Å². The molecule has 0 saturated heterocycles. The smallest absolute Gasteiger partial charge is 0.254 e. The van der Waals surface area contributed by atoms with E-state index in [0.717, 1.165) is 33.3 Å². The number of fused-ring (bicyclic) bond motifs is 1. The van der Waals surface area contributed by atoms with Crippen LogP contribution < -0.4 is 0 Å². The lowest BCUT2D eigenvalue weighted by atomic mass is 10.0. The van der Waals surface area contributed by atoms with E-state index in [2.05, 4.69) is 15.0 Å². The molecule has 0 bridgehead atoms. The number of para-hydroxylation sites is 1. The van der Waals surface area contributed by atoms with Gasteiger partial charge in [-0.3, -0.25) is 9.78 Å². The average molecular weight is 412 g/mol. The van der Waals surface area contributed by atoms with Crippen molar-refractivity contribution < 1.29 is 4.79 Å². The summed E-state index contributed by atoms with van der Waals surface area (Å²) in [4.78, 5) is 32.9. The fourth-order valence-electron chi connectivity index (χ4n) is 3.69. The minimum absolute atomic E-state index is 0.0161. The molecule has 6 heteroatoms. The zero-order valence-electron chi connectivity index (χ0n) is 18.2. The summed E-state index contributed by atoms with van der Waals surface area (Å²) < 4.78 is 0. The Labute approximate surface area is 182 Å². The monoisotopic (exact) mass is 411 g/mol. The minimum atomic E-state index is -0.0443. The average Bonchev–Trinajstić information content (AvgIpc) is 2.80. The number of benzene rings is 1. The highest BCUT2D eigenvalue weighted by Crippen LogP contribution is 2.27. The third kappa shape index (κ3) is 4.14. The molecule has 0 saturated carbocycles. The van der Waals surface area contributed by atoms with Crippen LogP contribution >= 0.6 is 0 Å². The van der Waals surface area contributed by atoms with Crippen LogP contribution in [0.4, 0.5) is 0 Å². The number of aromatic nitrogens is 4. The molecule has 0 aliphatic carbocycles. The summed E-state index contributed by atoms with van der Waals surface area (Å²) in [5.74, 6) is -0.0443. The van der Waals surface area contributed by atoms with E-state index in [0.29, 0.717) is 17.7 Å². The molecule has 4 aromatic rings. The first-order valence-electron chi connectivity index (χ1n) is 10.3. The molecule has 6 nitrogen and oxygen atoms in total. The van der Waals surface area contributed by atoms with Gasteiger partial charge in [0.2, 0.25) is 0 Å². The lowest BCUT2D eigenvalue weighted by molar-refractivity contribution is 0.0744. The summed E-state index contributed by atoms with van der Waals surface area (Å²) in [6, 6.07) is 11.7. The van der Waals surface area contributed by atoms with Crippen molar-refractivity contribution in [3.63, 3.8) is 0 Å². The highest BCUT2D eigenvalue weighted by Gasteiger charge is 2.22. The largest absolute Gasteiger partial charge is 0.339 e. The van der Waals surface area contributed by atoms with Gasteiger partial charge in [-0.15, -0.1) is 0 Å². The van der Waals surface area contributed by atoms with E-state index in [4.69, 9.17) is 4.98 Å². The summed E-state index contributed by atoms with van der Waals surface area (Å²) in [5, 5.41) is 0.846. The number of hydrogen-bond acceptors (Lipinski definition) is 5. The van der Waals surface area contributed by atoms with Gasteiger partial charge in [0.25, 0.3) is 5.91 Å². The quantitative estimate of drug-likeness (QED) is 0.486. The Morgan fingerprint density at radius 1 is 1.06 bits per heavy atom. The molecule has 0 fully saturated rings. The molecule has 1 atom stereocenters. The molecule has 0 aliphatic heterocycles. The number of amides is 1. The molecule has 0 N–H and O–H groups in total. The first-order chi connectivity index (χ1) is 15.0. The van der Waals surface area contributed by atoms with E-state index in [1.54, 1.807) is 23.5 Å². The number of aryl methyl sites for hydroxylation is 2. The Kier molecular flexibility index (Phi) is 5.71.